The number of aliphatic carboxylic acids is 1. The minimum atomic E-state index is -1.78. The van der Waals surface area contributed by atoms with E-state index in [1.165, 1.54) is 0 Å². The number of carboxylic acids is 1. The first-order chi connectivity index (χ1) is 30.8. The maximum Gasteiger partial charge on any atom is 0.315 e. The van der Waals surface area contributed by atoms with Gasteiger partial charge in [-0.1, -0.05) is 46.3 Å². The fourth-order valence-electron chi connectivity index (χ4n) is 14.8. The topological polar surface area (TPSA) is 312 Å². The zero-order valence-corrected chi connectivity index (χ0v) is 38.8. The van der Waals surface area contributed by atoms with Gasteiger partial charge in [0.05, 0.1) is 36.8 Å². The van der Waals surface area contributed by atoms with E-state index in [1.54, 1.807) is 6.92 Å². The second-order valence-corrected chi connectivity index (χ2v) is 22.7. The van der Waals surface area contributed by atoms with Gasteiger partial charge in [-0.2, -0.15) is 0 Å². The Morgan fingerprint density at radius 2 is 1.29 bits per heavy atom. The lowest BCUT2D eigenvalue weighted by molar-refractivity contribution is -0.367. The number of carboxylic acid groups (broad SMARTS) is 1. The molecule has 0 aromatic carbocycles. The summed E-state index contributed by atoms with van der Waals surface area (Å²) in [6.45, 7) is 11.4. The van der Waals surface area contributed by atoms with Crippen LogP contribution < -0.4 is 0 Å². The van der Waals surface area contributed by atoms with E-state index in [4.69, 9.17) is 28.4 Å². The molecular weight excluding hydrogens is 868 g/mol. The Kier molecular flexibility index (Phi) is 13.6. The van der Waals surface area contributed by atoms with Crippen LogP contribution in [0.3, 0.4) is 0 Å². The molecule has 4 saturated carbocycles. The van der Waals surface area contributed by atoms with Crippen LogP contribution in [0.15, 0.2) is 11.6 Å². The molecule has 0 aromatic rings. The maximum atomic E-state index is 14.7. The van der Waals surface area contributed by atoms with Crippen LogP contribution in [-0.4, -0.2) is 180 Å². The highest BCUT2D eigenvalue weighted by Gasteiger charge is 2.70. The monoisotopic (exact) mass is 942 g/mol. The van der Waals surface area contributed by atoms with Gasteiger partial charge in [0.15, 0.2) is 12.6 Å². The Hall–Kier alpha value is -1.92. The number of hydrogen-bond donors (Lipinski definition) is 11. The van der Waals surface area contributed by atoms with Crippen molar-refractivity contribution >= 4 is 11.9 Å². The van der Waals surface area contributed by atoms with Crippen molar-refractivity contribution in [3.8, 4) is 0 Å². The zero-order valence-electron chi connectivity index (χ0n) is 38.8. The molecule has 3 saturated heterocycles. The molecule has 66 heavy (non-hydrogen) atoms. The first-order valence-corrected chi connectivity index (χ1v) is 23.9. The van der Waals surface area contributed by atoms with Crippen molar-refractivity contribution in [1.29, 1.82) is 0 Å². The number of fused-ring (bicyclic) bond motifs is 7. The lowest BCUT2D eigenvalue weighted by atomic mass is 9.33. The van der Waals surface area contributed by atoms with Crippen molar-refractivity contribution in [3.05, 3.63) is 11.6 Å². The Balaban J connectivity index is 1.05. The van der Waals surface area contributed by atoms with E-state index >= 15 is 0 Å². The molecule has 19 heteroatoms. The van der Waals surface area contributed by atoms with Crippen molar-refractivity contribution in [2.45, 2.75) is 198 Å². The average molecular weight is 943 g/mol. The number of carbonyl (C=O) groups excluding carboxylic acids is 1. The van der Waals surface area contributed by atoms with E-state index in [1.807, 2.05) is 0 Å². The van der Waals surface area contributed by atoms with E-state index < -0.39 is 145 Å². The number of rotatable bonds is 9. The van der Waals surface area contributed by atoms with E-state index in [-0.39, 0.29) is 48.5 Å². The van der Waals surface area contributed by atoms with Crippen LogP contribution in [0.4, 0.5) is 0 Å². The highest BCUT2D eigenvalue weighted by Crippen LogP contribution is 2.76. The molecule has 376 valence electrons. The standard InChI is InChI=1S/C47H74O19/c1-42(2)26-9-12-46(6)27(44(26,4)11-10-28(42)64-39-36(29(51)23(50)20-61-39)65-37-34(56)32(54)30(52)24(18-48)62-37)8-7-21-22-17-43(3,40(58)59)13-15-47(22,16-14-45(21,46)5)41(60)66-38-35(57)33(55)31(53)25(19-49)63-38/h7,22-39,48-57H,8-20H2,1-6H3,(H,58,59)/t22-,23+,24-,25-,26-,27+,28-,29-,30-,31-,32+,33+,34-,35-,36-,37-,38+,39-,43-,44-,45+,46+,47-/m0/s1. The molecule has 0 unspecified atom stereocenters. The number of esters is 1. The maximum absolute atomic E-state index is 14.7. The molecule has 3 aliphatic heterocycles. The fraction of sp³-hybridized carbons (Fsp3) is 0.915. The number of aliphatic hydroxyl groups excluding tert-OH is 10. The van der Waals surface area contributed by atoms with Gasteiger partial charge in [0.1, 0.15) is 67.1 Å². The second kappa shape index (κ2) is 17.7. The fourth-order valence-corrected chi connectivity index (χ4v) is 14.8. The summed E-state index contributed by atoms with van der Waals surface area (Å²) in [7, 11) is 0. The van der Waals surface area contributed by atoms with Gasteiger partial charge in [-0.15, -0.1) is 0 Å². The Labute approximate surface area is 385 Å². The number of aliphatic hydroxyl groups is 10. The average Bonchev–Trinajstić information content (AvgIpc) is 3.27. The second-order valence-electron chi connectivity index (χ2n) is 22.7. The third-order valence-electron chi connectivity index (χ3n) is 19.2. The van der Waals surface area contributed by atoms with Crippen LogP contribution in [0, 0.1) is 50.2 Å². The lowest BCUT2D eigenvalue weighted by Crippen LogP contribution is -2.66. The van der Waals surface area contributed by atoms with Crippen molar-refractivity contribution in [2.24, 2.45) is 50.2 Å². The van der Waals surface area contributed by atoms with Gasteiger partial charge in [0.2, 0.25) is 6.29 Å². The highest BCUT2D eigenvalue weighted by molar-refractivity contribution is 5.81. The van der Waals surface area contributed by atoms with Crippen LogP contribution in [0.5, 0.6) is 0 Å². The van der Waals surface area contributed by atoms with Gasteiger partial charge < -0.3 is 84.6 Å². The number of hydrogen-bond acceptors (Lipinski definition) is 18. The summed E-state index contributed by atoms with van der Waals surface area (Å²) in [6, 6.07) is 0. The van der Waals surface area contributed by atoms with Crippen molar-refractivity contribution in [3.63, 3.8) is 0 Å². The van der Waals surface area contributed by atoms with Crippen LogP contribution in [0.1, 0.15) is 106 Å². The molecule has 0 spiro atoms. The van der Waals surface area contributed by atoms with Crippen LogP contribution in [0.2, 0.25) is 0 Å². The smallest absolute Gasteiger partial charge is 0.315 e. The van der Waals surface area contributed by atoms with Crippen LogP contribution >= 0.6 is 0 Å². The minimum absolute atomic E-state index is 0.130. The molecule has 0 radical (unpaired) electrons. The number of allylic oxidation sites excluding steroid dienone is 2. The third kappa shape index (κ3) is 7.64. The van der Waals surface area contributed by atoms with E-state index in [0.29, 0.717) is 25.7 Å². The largest absolute Gasteiger partial charge is 0.481 e. The highest BCUT2D eigenvalue weighted by atomic mass is 16.8. The van der Waals surface area contributed by atoms with Gasteiger partial charge in [-0.25, -0.2) is 0 Å². The van der Waals surface area contributed by atoms with Gasteiger partial charge >= 0.3 is 11.9 Å². The Morgan fingerprint density at radius 1 is 0.682 bits per heavy atom. The summed E-state index contributed by atoms with van der Waals surface area (Å²) in [5, 5.41) is 115. The van der Waals surface area contributed by atoms with Gasteiger partial charge in [-0.3, -0.25) is 9.59 Å². The molecule has 5 aliphatic carbocycles. The summed E-state index contributed by atoms with van der Waals surface area (Å²) < 4.78 is 35.8. The van der Waals surface area contributed by atoms with E-state index in [9.17, 15) is 65.8 Å². The third-order valence-corrected chi connectivity index (χ3v) is 19.2. The number of carbonyl (C=O) groups is 2. The normalized spacial score (nSPS) is 53.5. The van der Waals surface area contributed by atoms with Gasteiger partial charge in [0, 0.05) is 0 Å². The molecule has 11 N–H and O–H groups in total. The predicted octanol–water partition coefficient (Wildman–Crippen LogP) is -0.156. The summed E-state index contributed by atoms with van der Waals surface area (Å²) in [5.41, 5.74) is -2.66. The molecular formula is C47H74O19. The van der Waals surface area contributed by atoms with Crippen molar-refractivity contribution < 1.29 is 94.2 Å². The molecule has 0 amide bonds. The summed E-state index contributed by atoms with van der Waals surface area (Å²) in [6.07, 6.45) is -14.4. The summed E-state index contributed by atoms with van der Waals surface area (Å²) in [4.78, 5) is 27.6. The van der Waals surface area contributed by atoms with Crippen LogP contribution in [-0.2, 0) is 38.0 Å². The molecule has 0 aromatic heterocycles. The minimum Gasteiger partial charge on any atom is -0.481 e. The van der Waals surface area contributed by atoms with Gasteiger partial charge in [-0.05, 0) is 111 Å². The summed E-state index contributed by atoms with van der Waals surface area (Å²) >= 11 is 0. The van der Waals surface area contributed by atoms with E-state index in [0.717, 1.165) is 24.8 Å². The number of ether oxygens (including phenoxy) is 6. The molecule has 8 rings (SSSR count). The summed E-state index contributed by atoms with van der Waals surface area (Å²) in [5.74, 6) is -1.83. The van der Waals surface area contributed by atoms with Crippen molar-refractivity contribution in [2.75, 3.05) is 19.8 Å². The molecule has 0 bridgehead atoms. The van der Waals surface area contributed by atoms with E-state index in [2.05, 4.69) is 40.7 Å². The lowest BCUT2D eigenvalue weighted by Gasteiger charge is -2.71. The molecule has 8 aliphatic rings. The molecule has 19 nitrogen and oxygen atoms in total. The zero-order chi connectivity index (χ0) is 48.3. The molecule has 7 fully saturated rings. The molecule has 23 atom stereocenters. The van der Waals surface area contributed by atoms with Crippen molar-refractivity contribution in [1.82, 2.24) is 0 Å². The first-order valence-electron chi connectivity index (χ1n) is 23.9. The predicted molar refractivity (Wildman–Crippen MR) is 226 cm³/mol. The quantitative estimate of drug-likeness (QED) is 0.0813. The molecule has 3 heterocycles. The van der Waals surface area contributed by atoms with Crippen LogP contribution in [0.25, 0.3) is 0 Å². The first kappa shape index (κ1) is 50.5. The Morgan fingerprint density at radius 3 is 1.91 bits per heavy atom. The van der Waals surface area contributed by atoms with Gasteiger partial charge in [0.25, 0.3) is 0 Å². The SMILES string of the molecule is CC1(C)[C@@H](O[C@@H]2OC[C@@H](O)[C@H](O)[C@@H]2O[C@@H]2O[C@@H](CO)[C@H](O)[C@@H](O)[C@@H]2O)CC[C@]2(C)[C@H]3CC=C4[C@@H]5C[C@@](C)(C(=O)O)CC[C@]5(C(=O)O[C@H]5O[C@@H](CO)[C@H](O)[C@@H](O)[C@@H]5O)CC[C@@]4(C)[C@]3(C)CC[C@@H]12. The Bertz CT molecular complexity index is 1840.